The van der Waals surface area contributed by atoms with Gasteiger partial charge in [0.25, 0.3) is 0 Å². The second-order valence-electron chi connectivity index (χ2n) is 13.3. The largest absolute Gasteiger partial charge is 0.494 e. The minimum Gasteiger partial charge on any atom is -0.494 e. The van der Waals surface area contributed by atoms with Crippen LogP contribution in [0.15, 0.2) is 48.5 Å². The number of nitrogens with zero attached hydrogens (tertiary/aromatic N) is 4. The number of carbonyl (C=O) groups is 4. The van der Waals surface area contributed by atoms with Crippen LogP contribution in [-0.4, -0.2) is 107 Å². The summed E-state index contributed by atoms with van der Waals surface area (Å²) in [5, 5.41) is 8.62. The van der Waals surface area contributed by atoms with Crippen molar-refractivity contribution < 1.29 is 23.9 Å². The third-order valence-corrected chi connectivity index (χ3v) is 10.2. The van der Waals surface area contributed by atoms with E-state index in [1.807, 2.05) is 41.0 Å². The van der Waals surface area contributed by atoms with E-state index in [0.717, 1.165) is 37.2 Å². The van der Waals surface area contributed by atoms with Crippen molar-refractivity contribution in [2.75, 3.05) is 56.5 Å². The quantitative estimate of drug-likeness (QED) is 0.365. The lowest BCUT2D eigenvalue weighted by molar-refractivity contribution is -0.140. The van der Waals surface area contributed by atoms with Gasteiger partial charge in [-0.3, -0.25) is 9.59 Å². The van der Waals surface area contributed by atoms with Crippen molar-refractivity contribution in [2.24, 2.45) is 0 Å². The maximum Gasteiger partial charge on any atom is 0.322 e. The van der Waals surface area contributed by atoms with Crippen LogP contribution in [0.3, 0.4) is 0 Å². The highest BCUT2D eigenvalue weighted by Crippen LogP contribution is 2.28. The molecule has 4 aliphatic rings. The molecule has 1 atom stereocenters. The number of hydrogen-bond donors (Lipinski definition) is 3. The Hall–Kier alpha value is -4.32. The summed E-state index contributed by atoms with van der Waals surface area (Å²) in [6.07, 6.45) is 6.71. The number of rotatable bonds is 9. The Bertz CT molecular complexity index is 1430. The van der Waals surface area contributed by atoms with E-state index in [2.05, 4.69) is 20.9 Å². The summed E-state index contributed by atoms with van der Waals surface area (Å²) in [6.45, 7) is 7.41. The molecular formula is C36H49N7O5. The van der Waals surface area contributed by atoms with Crippen molar-refractivity contribution in [3.63, 3.8) is 0 Å². The number of piperidine rings is 3. The fourth-order valence-corrected chi connectivity index (χ4v) is 7.53. The number of fused-ring (bicyclic) bond motifs is 1. The molecule has 4 heterocycles. The Morgan fingerprint density at radius 2 is 1.52 bits per heavy atom. The van der Waals surface area contributed by atoms with Gasteiger partial charge in [0.15, 0.2) is 0 Å². The Labute approximate surface area is 283 Å². The summed E-state index contributed by atoms with van der Waals surface area (Å²) in [6, 6.07) is 13.7. The first kappa shape index (κ1) is 33.6. The number of urea groups is 2. The van der Waals surface area contributed by atoms with Crippen LogP contribution >= 0.6 is 0 Å². The van der Waals surface area contributed by atoms with Crippen LogP contribution in [0, 0.1) is 0 Å². The summed E-state index contributed by atoms with van der Waals surface area (Å²) in [7, 11) is 0. The number of carbonyl (C=O) groups excluding carboxylic acids is 4. The molecule has 0 saturated carbocycles. The number of likely N-dealkylation sites (tertiary alicyclic amines) is 3. The highest BCUT2D eigenvalue weighted by Gasteiger charge is 2.36. The van der Waals surface area contributed by atoms with Crippen LogP contribution in [-0.2, 0) is 16.1 Å². The van der Waals surface area contributed by atoms with Crippen molar-refractivity contribution in [2.45, 2.75) is 83.0 Å². The van der Waals surface area contributed by atoms with Crippen LogP contribution < -0.4 is 20.7 Å². The third-order valence-electron chi connectivity index (χ3n) is 10.2. The summed E-state index contributed by atoms with van der Waals surface area (Å²) in [5.74, 6) is 0.301. The SMILES string of the molecule is CCOc1ccc(NC(=O)N[C@H](CC(=O)N2CCC(N3Cc4ccccc4NC3=O)CC2)C(=O)N2CCC(N3CCCCC3)CC2)cc1. The zero-order chi connectivity index (χ0) is 33.5. The van der Waals surface area contributed by atoms with Crippen molar-refractivity contribution in [1.29, 1.82) is 0 Å². The summed E-state index contributed by atoms with van der Waals surface area (Å²) in [4.78, 5) is 61.6. The lowest BCUT2D eigenvalue weighted by atomic mass is 9.98. The Kier molecular flexibility index (Phi) is 11.0. The van der Waals surface area contributed by atoms with Crippen LogP contribution in [0.2, 0.25) is 0 Å². The number of hydrogen-bond acceptors (Lipinski definition) is 6. The Balaban J connectivity index is 1.07. The molecule has 0 aromatic heterocycles. The number of amides is 6. The number of benzene rings is 2. The van der Waals surface area contributed by atoms with Crippen LogP contribution in [0.4, 0.5) is 21.0 Å². The normalized spacial score (nSPS) is 20.0. The predicted octanol–water partition coefficient (Wildman–Crippen LogP) is 4.48. The number of ether oxygens (including phenoxy) is 1. The van der Waals surface area contributed by atoms with E-state index in [-0.39, 0.29) is 30.3 Å². The van der Waals surface area contributed by atoms with Crippen molar-refractivity contribution in [3.05, 3.63) is 54.1 Å². The lowest BCUT2D eigenvalue weighted by Gasteiger charge is -2.41. The standard InChI is InChI=1S/C36H49N7O5/c1-2-48-30-12-10-27(11-13-30)37-35(46)38-32(34(45)42-22-14-28(15-23-42)40-18-6-3-7-19-40)24-33(44)41-20-16-29(17-21-41)43-25-26-8-4-5-9-31(26)39-36(43)47/h4-5,8-13,28-29,32H,2-3,6-7,14-25H2,1H3,(H,39,47)(H2,37,38,46)/t32-/m1/s1. The summed E-state index contributed by atoms with van der Waals surface area (Å²) >= 11 is 0. The van der Waals surface area contributed by atoms with E-state index < -0.39 is 12.1 Å². The van der Waals surface area contributed by atoms with Gasteiger partial charge in [-0.05, 0) is 94.4 Å². The average molecular weight is 660 g/mol. The van der Waals surface area contributed by atoms with Crippen molar-refractivity contribution in [3.8, 4) is 5.75 Å². The molecule has 0 bridgehead atoms. The molecule has 0 spiro atoms. The first-order valence-electron chi connectivity index (χ1n) is 17.6. The van der Waals surface area contributed by atoms with E-state index in [9.17, 15) is 19.2 Å². The average Bonchev–Trinajstić information content (AvgIpc) is 3.12. The van der Waals surface area contributed by atoms with Crippen molar-refractivity contribution >= 4 is 35.3 Å². The van der Waals surface area contributed by atoms with Crippen LogP contribution in [0.1, 0.15) is 63.9 Å². The molecule has 6 amide bonds. The fraction of sp³-hybridized carbons (Fsp3) is 0.556. The minimum atomic E-state index is -0.992. The van der Waals surface area contributed by atoms with Gasteiger partial charge in [0.05, 0.1) is 13.0 Å². The van der Waals surface area contributed by atoms with E-state index in [1.54, 1.807) is 29.2 Å². The molecule has 0 radical (unpaired) electrons. The van der Waals surface area contributed by atoms with Gasteiger partial charge in [0.1, 0.15) is 11.8 Å². The molecule has 2 aromatic rings. The van der Waals surface area contributed by atoms with Gasteiger partial charge < -0.3 is 40.3 Å². The molecule has 12 nitrogen and oxygen atoms in total. The minimum absolute atomic E-state index is 0.0130. The molecule has 12 heteroatoms. The molecular weight excluding hydrogens is 610 g/mol. The topological polar surface area (TPSA) is 127 Å². The highest BCUT2D eigenvalue weighted by molar-refractivity contribution is 5.96. The summed E-state index contributed by atoms with van der Waals surface area (Å²) < 4.78 is 5.49. The third kappa shape index (κ3) is 8.21. The van der Waals surface area contributed by atoms with Crippen LogP contribution in [0.25, 0.3) is 0 Å². The molecule has 258 valence electrons. The molecule has 0 unspecified atom stereocenters. The van der Waals surface area contributed by atoms with Gasteiger partial charge >= 0.3 is 12.1 Å². The van der Waals surface area contributed by atoms with Crippen molar-refractivity contribution in [1.82, 2.24) is 24.9 Å². The molecule has 48 heavy (non-hydrogen) atoms. The lowest BCUT2D eigenvalue weighted by Crippen LogP contribution is -2.56. The fourth-order valence-electron chi connectivity index (χ4n) is 7.53. The summed E-state index contributed by atoms with van der Waals surface area (Å²) in [5.41, 5.74) is 2.48. The molecule has 4 aliphatic heterocycles. The zero-order valence-corrected chi connectivity index (χ0v) is 28.0. The van der Waals surface area contributed by atoms with E-state index in [1.165, 1.54) is 19.3 Å². The first-order valence-corrected chi connectivity index (χ1v) is 17.6. The van der Waals surface area contributed by atoms with Gasteiger partial charge in [0, 0.05) is 56.2 Å². The second-order valence-corrected chi connectivity index (χ2v) is 13.3. The molecule has 3 saturated heterocycles. The Morgan fingerprint density at radius 3 is 2.23 bits per heavy atom. The molecule has 6 rings (SSSR count). The molecule has 3 N–H and O–H groups in total. The first-order chi connectivity index (χ1) is 23.4. The van der Waals surface area contributed by atoms with E-state index in [0.29, 0.717) is 69.7 Å². The van der Waals surface area contributed by atoms with Gasteiger partial charge in [-0.25, -0.2) is 9.59 Å². The predicted molar refractivity (Wildman–Crippen MR) is 184 cm³/mol. The van der Waals surface area contributed by atoms with Gasteiger partial charge in [0.2, 0.25) is 11.8 Å². The van der Waals surface area contributed by atoms with Gasteiger partial charge in [-0.15, -0.1) is 0 Å². The number of anilines is 2. The maximum atomic E-state index is 13.9. The van der Waals surface area contributed by atoms with Crippen LogP contribution in [0.5, 0.6) is 5.75 Å². The smallest absolute Gasteiger partial charge is 0.322 e. The number of nitrogens with one attached hydrogen (secondary N) is 3. The Morgan fingerprint density at radius 1 is 0.854 bits per heavy atom. The molecule has 3 fully saturated rings. The second kappa shape index (κ2) is 15.7. The van der Waals surface area contributed by atoms with Gasteiger partial charge in [-0.1, -0.05) is 24.6 Å². The van der Waals surface area contributed by atoms with E-state index in [4.69, 9.17) is 4.74 Å². The van der Waals surface area contributed by atoms with E-state index >= 15 is 0 Å². The maximum absolute atomic E-state index is 13.9. The monoisotopic (exact) mass is 659 g/mol. The molecule has 2 aromatic carbocycles. The highest BCUT2D eigenvalue weighted by atomic mass is 16.5. The zero-order valence-electron chi connectivity index (χ0n) is 28.0. The number of para-hydroxylation sites is 1. The molecule has 0 aliphatic carbocycles. The van der Waals surface area contributed by atoms with Gasteiger partial charge in [-0.2, -0.15) is 0 Å².